The Morgan fingerprint density at radius 2 is 2.00 bits per heavy atom. The van der Waals surface area contributed by atoms with Crippen molar-refractivity contribution in [1.29, 1.82) is 0 Å². The lowest BCUT2D eigenvalue weighted by molar-refractivity contribution is 0.278. The highest BCUT2D eigenvalue weighted by molar-refractivity contribution is 7.89. The van der Waals surface area contributed by atoms with Gasteiger partial charge in [0, 0.05) is 6.54 Å². The summed E-state index contributed by atoms with van der Waals surface area (Å²) < 4.78 is 26.7. The summed E-state index contributed by atoms with van der Waals surface area (Å²) in [6, 6.07) is 6.51. The van der Waals surface area contributed by atoms with Crippen LogP contribution in [-0.2, 0) is 16.6 Å². The molecule has 0 radical (unpaired) electrons. The molecule has 0 aromatic heterocycles. The average molecular weight is 255 g/mol. The molecule has 1 aliphatic carbocycles. The van der Waals surface area contributed by atoms with Crippen LogP contribution in [0.4, 0.5) is 0 Å². The largest absolute Gasteiger partial charge is 0.392 e. The van der Waals surface area contributed by atoms with Crippen LogP contribution in [0.15, 0.2) is 29.2 Å². The molecule has 0 heterocycles. The van der Waals surface area contributed by atoms with Crippen LogP contribution in [0.1, 0.15) is 25.3 Å². The summed E-state index contributed by atoms with van der Waals surface area (Å²) in [6.07, 6.45) is 2.13. The Morgan fingerprint density at radius 1 is 1.35 bits per heavy atom. The Bertz CT molecular complexity index is 506. The molecule has 0 amide bonds. The first-order chi connectivity index (χ1) is 7.97. The van der Waals surface area contributed by atoms with Crippen LogP contribution in [0.3, 0.4) is 0 Å². The highest BCUT2D eigenvalue weighted by Crippen LogP contribution is 2.44. The molecule has 1 saturated carbocycles. The fraction of sp³-hybridized carbons (Fsp3) is 0.500. The van der Waals surface area contributed by atoms with Gasteiger partial charge in [-0.1, -0.05) is 25.1 Å². The van der Waals surface area contributed by atoms with E-state index in [1.807, 2.05) is 0 Å². The van der Waals surface area contributed by atoms with Crippen molar-refractivity contribution in [3.63, 3.8) is 0 Å². The smallest absolute Gasteiger partial charge is 0.240 e. The Kier molecular flexibility index (Phi) is 3.25. The minimum Gasteiger partial charge on any atom is -0.392 e. The van der Waals surface area contributed by atoms with E-state index in [4.69, 9.17) is 5.11 Å². The van der Waals surface area contributed by atoms with Gasteiger partial charge in [-0.2, -0.15) is 0 Å². The number of hydrogen-bond donors (Lipinski definition) is 2. The van der Waals surface area contributed by atoms with Gasteiger partial charge >= 0.3 is 0 Å². The number of sulfonamides is 1. The number of aliphatic hydroxyl groups excluding tert-OH is 1. The van der Waals surface area contributed by atoms with E-state index in [0.717, 1.165) is 12.8 Å². The highest BCUT2D eigenvalue weighted by atomic mass is 32.2. The number of benzene rings is 1. The quantitative estimate of drug-likeness (QED) is 0.832. The maximum Gasteiger partial charge on any atom is 0.240 e. The van der Waals surface area contributed by atoms with Crippen LogP contribution in [0.5, 0.6) is 0 Å². The molecule has 0 bridgehead atoms. The summed E-state index contributed by atoms with van der Waals surface area (Å²) >= 11 is 0. The first-order valence-corrected chi connectivity index (χ1v) is 7.14. The van der Waals surface area contributed by atoms with E-state index in [0.29, 0.717) is 12.1 Å². The first kappa shape index (κ1) is 12.5. The van der Waals surface area contributed by atoms with Crippen LogP contribution in [-0.4, -0.2) is 20.1 Å². The normalized spacial score (nSPS) is 18.0. The van der Waals surface area contributed by atoms with Gasteiger partial charge in [-0.3, -0.25) is 0 Å². The summed E-state index contributed by atoms with van der Waals surface area (Å²) in [4.78, 5) is 0.173. The van der Waals surface area contributed by atoms with Crippen LogP contribution in [0, 0.1) is 5.41 Å². The Hall–Kier alpha value is -0.910. The molecule has 1 aromatic carbocycles. The van der Waals surface area contributed by atoms with Crippen LogP contribution >= 0.6 is 0 Å². The fourth-order valence-electron chi connectivity index (χ4n) is 1.63. The van der Waals surface area contributed by atoms with E-state index in [2.05, 4.69) is 11.6 Å². The standard InChI is InChI=1S/C12H17NO3S/c1-12(6-7-12)9-13-17(15,16)11-5-3-2-4-10(11)8-14/h2-5,13-14H,6-9H2,1H3. The molecular formula is C12H17NO3S. The third kappa shape index (κ3) is 2.86. The zero-order valence-electron chi connectivity index (χ0n) is 9.81. The molecule has 0 spiro atoms. The molecule has 17 heavy (non-hydrogen) atoms. The summed E-state index contributed by atoms with van der Waals surface area (Å²) in [5, 5.41) is 9.13. The summed E-state index contributed by atoms with van der Waals surface area (Å²) in [7, 11) is -3.51. The van der Waals surface area contributed by atoms with Crippen LogP contribution in [0.2, 0.25) is 0 Å². The summed E-state index contributed by atoms with van der Waals surface area (Å²) in [5.74, 6) is 0. The molecule has 5 heteroatoms. The second kappa shape index (κ2) is 4.40. The van der Waals surface area contributed by atoms with Crippen LogP contribution in [0.25, 0.3) is 0 Å². The molecule has 1 fully saturated rings. The van der Waals surface area contributed by atoms with E-state index in [1.165, 1.54) is 6.07 Å². The lowest BCUT2D eigenvalue weighted by Gasteiger charge is -2.12. The Labute approximate surface area is 102 Å². The molecule has 4 nitrogen and oxygen atoms in total. The maximum atomic E-state index is 12.1. The minimum atomic E-state index is -3.51. The minimum absolute atomic E-state index is 0.126. The Balaban J connectivity index is 2.18. The zero-order valence-corrected chi connectivity index (χ0v) is 10.6. The van der Waals surface area contributed by atoms with Gasteiger partial charge in [0.2, 0.25) is 10.0 Å². The maximum absolute atomic E-state index is 12.1. The lowest BCUT2D eigenvalue weighted by atomic mass is 10.2. The molecule has 0 aliphatic heterocycles. The molecule has 0 atom stereocenters. The molecule has 0 saturated heterocycles. The van der Waals surface area contributed by atoms with Gasteiger partial charge in [-0.15, -0.1) is 0 Å². The number of nitrogens with one attached hydrogen (secondary N) is 1. The number of rotatable bonds is 5. The zero-order chi connectivity index (χ0) is 12.5. The lowest BCUT2D eigenvalue weighted by Crippen LogP contribution is -2.29. The van der Waals surface area contributed by atoms with E-state index in [-0.39, 0.29) is 16.9 Å². The summed E-state index contributed by atoms with van der Waals surface area (Å²) in [5.41, 5.74) is 0.558. The third-order valence-electron chi connectivity index (χ3n) is 3.22. The number of aliphatic hydroxyl groups is 1. The van der Waals surface area contributed by atoms with Crippen molar-refractivity contribution in [2.75, 3.05) is 6.54 Å². The van der Waals surface area contributed by atoms with Crippen molar-refractivity contribution in [2.24, 2.45) is 5.41 Å². The molecule has 1 aliphatic rings. The van der Waals surface area contributed by atoms with Gasteiger partial charge < -0.3 is 5.11 Å². The van der Waals surface area contributed by atoms with Crippen molar-refractivity contribution >= 4 is 10.0 Å². The predicted molar refractivity (Wildman–Crippen MR) is 64.9 cm³/mol. The van der Waals surface area contributed by atoms with Crippen LogP contribution < -0.4 is 4.72 Å². The predicted octanol–water partition coefficient (Wildman–Crippen LogP) is 1.26. The van der Waals surface area contributed by atoms with Crippen molar-refractivity contribution in [3.8, 4) is 0 Å². The molecule has 2 N–H and O–H groups in total. The summed E-state index contributed by atoms with van der Waals surface area (Å²) in [6.45, 7) is 2.26. The molecule has 1 aromatic rings. The van der Waals surface area contributed by atoms with E-state index in [9.17, 15) is 8.42 Å². The second-order valence-corrected chi connectivity index (χ2v) is 6.64. The van der Waals surface area contributed by atoms with Gasteiger partial charge in [-0.25, -0.2) is 13.1 Å². The fourth-order valence-corrected chi connectivity index (χ4v) is 3.06. The van der Waals surface area contributed by atoms with E-state index >= 15 is 0 Å². The first-order valence-electron chi connectivity index (χ1n) is 5.65. The van der Waals surface area contributed by atoms with E-state index in [1.54, 1.807) is 18.2 Å². The van der Waals surface area contributed by atoms with Gasteiger partial charge in [-0.05, 0) is 29.9 Å². The average Bonchev–Trinajstić information content (AvgIpc) is 3.06. The highest BCUT2D eigenvalue weighted by Gasteiger charge is 2.38. The van der Waals surface area contributed by atoms with Gasteiger partial charge in [0.15, 0.2) is 0 Å². The monoisotopic (exact) mass is 255 g/mol. The third-order valence-corrected chi connectivity index (χ3v) is 4.73. The second-order valence-electron chi connectivity index (χ2n) is 4.90. The molecule has 0 unspecified atom stereocenters. The number of hydrogen-bond acceptors (Lipinski definition) is 3. The van der Waals surface area contributed by atoms with Gasteiger partial charge in [0.1, 0.15) is 0 Å². The molecular weight excluding hydrogens is 238 g/mol. The van der Waals surface area contributed by atoms with Crippen molar-refractivity contribution < 1.29 is 13.5 Å². The Morgan fingerprint density at radius 3 is 2.59 bits per heavy atom. The van der Waals surface area contributed by atoms with Crippen molar-refractivity contribution in [1.82, 2.24) is 4.72 Å². The van der Waals surface area contributed by atoms with Gasteiger partial charge in [0.05, 0.1) is 11.5 Å². The molecule has 2 rings (SSSR count). The topological polar surface area (TPSA) is 66.4 Å². The van der Waals surface area contributed by atoms with Crippen molar-refractivity contribution in [2.45, 2.75) is 31.3 Å². The van der Waals surface area contributed by atoms with Crippen molar-refractivity contribution in [3.05, 3.63) is 29.8 Å². The van der Waals surface area contributed by atoms with Gasteiger partial charge in [0.25, 0.3) is 0 Å². The SMILES string of the molecule is CC1(CNS(=O)(=O)c2ccccc2CO)CC1. The van der Waals surface area contributed by atoms with E-state index < -0.39 is 10.0 Å². The molecule has 94 valence electrons.